The number of hydrogen-bond donors (Lipinski definition) is 2. The summed E-state index contributed by atoms with van der Waals surface area (Å²) in [5.74, 6) is -3.08. The molecule has 0 spiro atoms. The Morgan fingerprint density at radius 2 is 1.36 bits per heavy atom. The molecule has 0 fully saturated rings. The summed E-state index contributed by atoms with van der Waals surface area (Å²) < 4.78 is 39.8. The Kier molecular flexibility index (Phi) is 7.20. The summed E-state index contributed by atoms with van der Waals surface area (Å²) in [5, 5.41) is 0. The van der Waals surface area contributed by atoms with Crippen molar-refractivity contribution in [1.82, 2.24) is 10.9 Å². The normalized spacial score (nSPS) is 10.4. The van der Waals surface area contributed by atoms with Gasteiger partial charge in [-0.2, -0.15) is 0 Å². The summed E-state index contributed by atoms with van der Waals surface area (Å²) in [6.45, 7) is 0. The lowest BCUT2D eigenvalue weighted by Crippen LogP contribution is -2.43. The van der Waals surface area contributed by atoms with Crippen molar-refractivity contribution < 1.29 is 22.8 Å². The number of carbonyl (C=O) groups excluding carboxylic acids is 2. The molecule has 2 aromatic rings. The van der Waals surface area contributed by atoms with Gasteiger partial charge < -0.3 is 0 Å². The second kappa shape index (κ2) is 9.38. The molecule has 0 aromatic heterocycles. The zero-order chi connectivity index (χ0) is 18.2. The molecule has 132 valence electrons. The highest BCUT2D eigenvalue weighted by molar-refractivity contribution is 8.00. The molecule has 2 amide bonds. The van der Waals surface area contributed by atoms with E-state index in [4.69, 9.17) is 0 Å². The number of hydrazine groups is 1. The maximum atomic E-state index is 13.4. The van der Waals surface area contributed by atoms with Crippen LogP contribution in [0.15, 0.2) is 52.3 Å². The number of nitrogens with one attached hydrogen (secondary N) is 2. The summed E-state index contributed by atoms with van der Waals surface area (Å²) in [4.78, 5) is 23.6. The Labute approximate surface area is 150 Å². The second-order valence-corrected chi connectivity index (χ2v) is 6.71. The van der Waals surface area contributed by atoms with Crippen LogP contribution in [0, 0.1) is 17.5 Å². The number of carbonyl (C=O) groups is 2. The Bertz CT molecular complexity index is 775. The molecule has 0 radical (unpaired) electrons. The molecule has 2 N–H and O–H groups in total. The van der Waals surface area contributed by atoms with E-state index in [0.29, 0.717) is 4.90 Å². The molecular weight excluding hydrogens is 373 g/mol. The molecule has 0 saturated carbocycles. The van der Waals surface area contributed by atoms with Crippen LogP contribution < -0.4 is 10.9 Å². The summed E-state index contributed by atoms with van der Waals surface area (Å²) in [6.07, 6.45) is 0. The second-order valence-electron chi connectivity index (χ2n) is 4.68. The summed E-state index contributed by atoms with van der Waals surface area (Å²) in [5.41, 5.74) is 4.33. The predicted molar refractivity (Wildman–Crippen MR) is 90.5 cm³/mol. The minimum Gasteiger partial charge on any atom is -0.272 e. The van der Waals surface area contributed by atoms with Crippen LogP contribution in [0.4, 0.5) is 13.2 Å². The molecule has 2 aromatic carbocycles. The first-order valence-electron chi connectivity index (χ1n) is 6.98. The Balaban J connectivity index is 1.71. The quantitative estimate of drug-likeness (QED) is 0.592. The Morgan fingerprint density at radius 3 is 2.00 bits per heavy atom. The van der Waals surface area contributed by atoms with Crippen molar-refractivity contribution in [2.75, 3.05) is 11.5 Å². The molecule has 0 aliphatic heterocycles. The van der Waals surface area contributed by atoms with E-state index in [9.17, 15) is 22.8 Å². The molecule has 0 saturated heterocycles. The third-order valence-corrected chi connectivity index (χ3v) is 4.87. The van der Waals surface area contributed by atoms with Crippen LogP contribution in [-0.4, -0.2) is 23.3 Å². The monoisotopic (exact) mass is 386 g/mol. The largest absolute Gasteiger partial charge is 0.272 e. The average molecular weight is 386 g/mol. The molecule has 0 aliphatic rings. The molecule has 9 heteroatoms. The maximum Gasteiger partial charge on any atom is 0.248 e. The average Bonchev–Trinajstić information content (AvgIpc) is 2.60. The fourth-order valence-electron chi connectivity index (χ4n) is 1.65. The fourth-order valence-corrected chi connectivity index (χ4v) is 3.15. The minimum absolute atomic E-state index is 0.00316. The molecular formula is C16H13F3N2O2S2. The van der Waals surface area contributed by atoms with Crippen molar-refractivity contribution in [1.29, 1.82) is 0 Å². The molecule has 0 atom stereocenters. The zero-order valence-corrected chi connectivity index (χ0v) is 14.4. The topological polar surface area (TPSA) is 58.2 Å². The lowest BCUT2D eigenvalue weighted by atomic mass is 10.3. The third kappa shape index (κ3) is 6.35. The SMILES string of the molecule is O=C(CSc1ccccc1F)NNC(=O)CSc1cc(F)ccc1F. The number of hydrogen-bond acceptors (Lipinski definition) is 4. The van der Waals surface area contributed by atoms with E-state index in [0.717, 1.165) is 41.7 Å². The highest BCUT2D eigenvalue weighted by atomic mass is 32.2. The van der Waals surface area contributed by atoms with E-state index in [2.05, 4.69) is 10.9 Å². The van der Waals surface area contributed by atoms with Crippen molar-refractivity contribution >= 4 is 35.3 Å². The lowest BCUT2D eigenvalue weighted by Gasteiger charge is -2.08. The van der Waals surface area contributed by atoms with Gasteiger partial charge in [0.05, 0.1) is 11.5 Å². The van der Waals surface area contributed by atoms with Crippen LogP contribution in [0.1, 0.15) is 0 Å². The van der Waals surface area contributed by atoms with Gasteiger partial charge in [-0.1, -0.05) is 12.1 Å². The van der Waals surface area contributed by atoms with Crippen LogP contribution in [0.25, 0.3) is 0 Å². The van der Waals surface area contributed by atoms with Gasteiger partial charge in [-0.15, -0.1) is 23.5 Å². The third-order valence-electron chi connectivity index (χ3n) is 2.79. The first kappa shape index (κ1) is 19.2. The minimum atomic E-state index is -0.635. The van der Waals surface area contributed by atoms with Gasteiger partial charge in [0, 0.05) is 9.79 Å². The molecule has 0 bridgehead atoms. The fraction of sp³-hybridized carbons (Fsp3) is 0.125. The van der Waals surface area contributed by atoms with Crippen LogP contribution in [0.3, 0.4) is 0 Å². The molecule has 0 unspecified atom stereocenters. The smallest absolute Gasteiger partial charge is 0.248 e. The van der Waals surface area contributed by atoms with Gasteiger partial charge in [0.15, 0.2) is 0 Å². The predicted octanol–water partition coefficient (Wildman–Crippen LogP) is 3.14. The van der Waals surface area contributed by atoms with Gasteiger partial charge in [-0.25, -0.2) is 13.2 Å². The molecule has 2 rings (SSSR count). The molecule has 25 heavy (non-hydrogen) atoms. The summed E-state index contributed by atoms with van der Waals surface area (Å²) in [7, 11) is 0. The van der Waals surface area contributed by atoms with Gasteiger partial charge in [-0.3, -0.25) is 20.4 Å². The molecule has 0 aliphatic carbocycles. The van der Waals surface area contributed by atoms with Crippen molar-refractivity contribution in [2.45, 2.75) is 9.79 Å². The standard InChI is InChI=1S/C16H13F3N2O2S2/c17-10-5-6-12(19)14(7-10)25-9-16(23)21-20-15(22)8-24-13-4-2-1-3-11(13)18/h1-7H,8-9H2,(H,20,22)(H,21,23). The molecule has 0 heterocycles. The highest BCUT2D eigenvalue weighted by Gasteiger charge is 2.10. The van der Waals surface area contributed by atoms with Crippen LogP contribution in [-0.2, 0) is 9.59 Å². The van der Waals surface area contributed by atoms with Crippen molar-refractivity contribution in [3.63, 3.8) is 0 Å². The number of thioether (sulfide) groups is 2. The van der Waals surface area contributed by atoms with Crippen LogP contribution in [0.5, 0.6) is 0 Å². The van der Waals surface area contributed by atoms with Crippen molar-refractivity contribution in [2.24, 2.45) is 0 Å². The van der Waals surface area contributed by atoms with Crippen LogP contribution in [0.2, 0.25) is 0 Å². The maximum absolute atomic E-state index is 13.4. The number of rotatable bonds is 6. The van der Waals surface area contributed by atoms with E-state index >= 15 is 0 Å². The van der Waals surface area contributed by atoms with E-state index in [1.807, 2.05) is 0 Å². The number of halogens is 3. The van der Waals surface area contributed by atoms with E-state index < -0.39 is 29.3 Å². The van der Waals surface area contributed by atoms with E-state index in [1.165, 1.54) is 12.1 Å². The molecule has 4 nitrogen and oxygen atoms in total. The van der Waals surface area contributed by atoms with Crippen molar-refractivity contribution in [3.05, 3.63) is 59.9 Å². The van der Waals surface area contributed by atoms with Gasteiger partial charge in [0.25, 0.3) is 0 Å². The highest BCUT2D eigenvalue weighted by Crippen LogP contribution is 2.22. The number of benzene rings is 2. The number of amides is 2. The van der Waals surface area contributed by atoms with Gasteiger partial charge in [0.2, 0.25) is 11.8 Å². The van der Waals surface area contributed by atoms with E-state index in [-0.39, 0.29) is 16.4 Å². The zero-order valence-electron chi connectivity index (χ0n) is 12.7. The van der Waals surface area contributed by atoms with Crippen LogP contribution >= 0.6 is 23.5 Å². The summed E-state index contributed by atoms with van der Waals surface area (Å²) in [6, 6.07) is 8.94. The van der Waals surface area contributed by atoms with Gasteiger partial charge in [0.1, 0.15) is 17.5 Å². The summed E-state index contributed by atoms with van der Waals surface area (Å²) >= 11 is 1.79. The van der Waals surface area contributed by atoms with Crippen molar-refractivity contribution in [3.8, 4) is 0 Å². The lowest BCUT2D eigenvalue weighted by molar-refractivity contribution is -0.126. The Morgan fingerprint density at radius 1 is 0.800 bits per heavy atom. The van der Waals surface area contributed by atoms with E-state index in [1.54, 1.807) is 12.1 Å². The Hall–Kier alpha value is -2.13. The first-order valence-corrected chi connectivity index (χ1v) is 8.95. The van der Waals surface area contributed by atoms with Gasteiger partial charge >= 0.3 is 0 Å². The van der Waals surface area contributed by atoms with Gasteiger partial charge in [-0.05, 0) is 30.3 Å². The first-order chi connectivity index (χ1) is 12.0.